The van der Waals surface area contributed by atoms with Gasteiger partial charge in [0.05, 0.1) is 14.2 Å². The summed E-state index contributed by atoms with van der Waals surface area (Å²) in [6.07, 6.45) is 0. The lowest BCUT2D eigenvalue weighted by Gasteiger charge is -2.29. The Morgan fingerprint density at radius 1 is 1.16 bits per heavy atom. The molecule has 0 bridgehead atoms. The van der Waals surface area contributed by atoms with Crippen LogP contribution in [0.3, 0.4) is 0 Å². The van der Waals surface area contributed by atoms with E-state index in [1.165, 1.54) is 5.56 Å². The maximum Gasteiger partial charge on any atom is 0.160 e. The molecule has 0 saturated carbocycles. The fourth-order valence-corrected chi connectivity index (χ4v) is 2.55. The van der Waals surface area contributed by atoms with Crippen molar-refractivity contribution in [3.63, 3.8) is 0 Å². The number of methoxy groups -OCH3 is 2. The molecule has 0 aliphatic carbocycles. The van der Waals surface area contributed by atoms with Crippen LogP contribution in [0.1, 0.15) is 18.4 Å². The molecule has 1 aromatic carbocycles. The molecule has 0 spiro atoms. The van der Waals surface area contributed by atoms with Gasteiger partial charge in [-0.05, 0) is 23.6 Å². The number of hydrogen-bond donors (Lipinski definition) is 1. The van der Waals surface area contributed by atoms with Gasteiger partial charge in [-0.15, -0.1) is 0 Å². The molecule has 0 aromatic heterocycles. The highest BCUT2D eigenvalue weighted by Gasteiger charge is 2.15. The third-order valence-corrected chi connectivity index (χ3v) is 3.72. The van der Waals surface area contributed by atoms with Crippen LogP contribution >= 0.6 is 0 Å². The molecule has 1 unspecified atom stereocenters. The quantitative estimate of drug-likeness (QED) is 0.878. The van der Waals surface area contributed by atoms with Gasteiger partial charge in [0.25, 0.3) is 0 Å². The van der Waals surface area contributed by atoms with E-state index in [0.29, 0.717) is 5.92 Å². The first-order valence-corrected chi connectivity index (χ1v) is 6.89. The van der Waals surface area contributed by atoms with Crippen LogP contribution in [0.2, 0.25) is 0 Å². The molecule has 2 rings (SSSR count). The molecular weight excluding hydrogens is 240 g/mol. The van der Waals surface area contributed by atoms with Crippen molar-refractivity contribution in [1.29, 1.82) is 0 Å². The number of nitrogens with zero attached hydrogens (tertiary/aromatic N) is 1. The van der Waals surface area contributed by atoms with Crippen molar-refractivity contribution in [3.8, 4) is 11.5 Å². The summed E-state index contributed by atoms with van der Waals surface area (Å²) in [5, 5.41) is 3.38. The molecule has 1 N–H and O–H groups in total. The number of benzene rings is 1. The van der Waals surface area contributed by atoms with Gasteiger partial charge in [-0.2, -0.15) is 0 Å². The van der Waals surface area contributed by atoms with Crippen molar-refractivity contribution < 1.29 is 9.47 Å². The number of nitrogens with one attached hydrogen (secondary N) is 1. The van der Waals surface area contributed by atoms with Crippen LogP contribution in [0.4, 0.5) is 0 Å². The second kappa shape index (κ2) is 6.78. The predicted molar refractivity (Wildman–Crippen MR) is 77.3 cm³/mol. The van der Waals surface area contributed by atoms with E-state index in [1.54, 1.807) is 14.2 Å². The largest absolute Gasteiger partial charge is 0.493 e. The van der Waals surface area contributed by atoms with Gasteiger partial charge in [0.2, 0.25) is 0 Å². The smallest absolute Gasteiger partial charge is 0.160 e. The summed E-state index contributed by atoms with van der Waals surface area (Å²) in [7, 11) is 3.35. The molecule has 1 heterocycles. The molecule has 1 aromatic rings. The molecule has 19 heavy (non-hydrogen) atoms. The van der Waals surface area contributed by atoms with Crippen LogP contribution in [-0.4, -0.2) is 51.8 Å². The number of hydrogen-bond acceptors (Lipinski definition) is 4. The highest BCUT2D eigenvalue weighted by atomic mass is 16.5. The van der Waals surface area contributed by atoms with E-state index in [2.05, 4.69) is 29.3 Å². The third-order valence-electron chi connectivity index (χ3n) is 3.72. The normalized spacial score (nSPS) is 18.1. The molecule has 4 heteroatoms. The molecule has 1 fully saturated rings. The first kappa shape index (κ1) is 14.2. The van der Waals surface area contributed by atoms with Crippen molar-refractivity contribution in [1.82, 2.24) is 10.2 Å². The number of rotatable bonds is 5. The maximum absolute atomic E-state index is 5.37. The Kier molecular flexibility index (Phi) is 5.05. The zero-order chi connectivity index (χ0) is 13.7. The molecule has 4 nitrogen and oxygen atoms in total. The van der Waals surface area contributed by atoms with Gasteiger partial charge in [-0.3, -0.25) is 0 Å². The minimum absolute atomic E-state index is 0.498. The number of piperazine rings is 1. The molecule has 106 valence electrons. The van der Waals surface area contributed by atoms with E-state index in [-0.39, 0.29) is 0 Å². The van der Waals surface area contributed by atoms with Crippen molar-refractivity contribution in [2.75, 3.05) is 46.9 Å². The molecule has 0 amide bonds. The van der Waals surface area contributed by atoms with Crippen LogP contribution in [0.5, 0.6) is 11.5 Å². The SMILES string of the molecule is COc1ccc(C(C)CN2CCNCC2)cc1OC. The van der Waals surface area contributed by atoms with Crippen molar-refractivity contribution >= 4 is 0 Å². The van der Waals surface area contributed by atoms with Gasteiger partial charge in [0.15, 0.2) is 11.5 Å². The summed E-state index contributed by atoms with van der Waals surface area (Å²) in [5.41, 5.74) is 1.30. The molecule has 1 saturated heterocycles. The Balaban J connectivity index is 2.03. The topological polar surface area (TPSA) is 33.7 Å². The van der Waals surface area contributed by atoms with E-state index in [1.807, 2.05) is 6.07 Å². The van der Waals surface area contributed by atoms with E-state index in [9.17, 15) is 0 Å². The van der Waals surface area contributed by atoms with Gasteiger partial charge in [0, 0.05) is 32.7 Å². The van der Waals surface area contributed by atoms with Gasteiger partial charge < -0.3 is 19.7 Å². The third kappa shape index (κ3) is 3.61. The van der Waals surface area contributed by atoms with Crippen LogP contribution < -0.4 is 14.8 Å². The average molecular weight is 264 g/mol. The van der Waals surface area contributed by atoms with Gasteiger partial charge in [-0.25, -0.2) is 0 Å². The first-order chi connectivity index (χ1) is 9.24. The second-order valence-electron chi connectivity index (χ2n) is 5.07. The standard InChI is InChI=1S/C15H24N2O2/c1-12(11-17-8-6-16-7-9-17)13-4-5-14(18-2)15(10-13)19-3/h4-5,10,12,16H,6-9,11H2,1-3H3. The lowest BCUT2D eigenvalue weighted by molar-refractivity contribution is 0.230. The Bertz CT molecular complexity index is 403. The average Bonchev–Trinajstić information content (AvgIpc) is 2.47. The predicted octanol–water partition coefficient (Wildman–Crippen LogP) is 1.71. The molecule has 0 radical (unpaired) electrons. The summed E-state index contributed by atoms with van der Waals surface area (Å²) in [4.78, 5) is 2.51. The summed E-state index contributed by atoms with van der Waals surface area (Å²) >= 11 is 0. The summed E-state index contributed by atoms with van der Waals surface area (Å²) < 4.78 is 10.6. The Morgan fingerprint density at radius 3 is 2.47 bits per heavy atom. The molecular formula is C15H24N2O2. The minimum Gasteiger partial charge on any atom is -0.493 e. The monoisotopic (exact) mass is 264 g/mol. The summed E-state index contributed by atoms with van der Waals surface area (Å²) in [5.74, 6) is 2.10. The van der Waals surface area contributed by atoms with Gasteiger partial charge in [-0.1, -0.05) is 13.0 Å². The Hall–Kier alpha value is -1.26. The van der Waals surface area contributed by atoms with E-state index in [0.717, 1.165) is 44.2 Å². The van der Waals surface area contributed by atoms with E-state index in [4.69, 9.17) is 9.47 Å². The fraction of sp³-hybridized carbons (Fsp3) is 0.600. The number of ether oxygens (including phenoxy) is 2. The Labute approximate surface area is 115 Å². The second-order valence-corrected chi connectivity index (χ2v) is 5.07. The fourth-order valence-electron chi connectivity index (χ4n) is 2.55. The van der Waals surface area contributed by atoms with Crippen LogP contribution in [-0.2, 0) is 0 Å². The highest BCUT2D eigenvalue weighted by Crippen LogP contribution is 2.30. The van der Waals surface area contributed by atoms with Crippen LogP contribution in [0.25, 0.3) is 0 Å². The Morgan fingerprint density at radius 2 is 1.84 bits per heavy atom. The summed E-state index contributed by atoms with van der Waals surface area (Å²) in [6, 6.07) is 6.21. The lowest BCUT2D eigenvalue weighted by atomic mass is 9.99. The van der Waals surface area contributed by atoms with Crippen molar-refractivity contribution in [2.45, 2.75) is 12.8 Å². The van der Waals surface area contributed by atoms with Gasteiger partial charge >= 0.3 is 0 Å². The first-order valence-electron chi connectivity index (χ1n) is 6.89. The maximum atomic E-state index is 5.37. The highest BCUT2D eigenvalue weighted by molar-refractivity contribution is 5.43. The zero-order valence-corrected chi connectivity index (χ0v) is 12.1. The molecule has 1 aliphatic heterocycles. The van der Waals surface area contributed by atoms with Crippen molar-refractivity contribution in [3.05, 3.63) is 23.8 Å². The molecule has 1 atom stereocenters. The zero-order valence-electron chi connectivity index (χ0n) is 12.1. The lowest BCUT2D eigenvalue weighted by Crippen LogP contribution is -2.44. The summed E-state index contributed by atoms with van der Waals surface area (Å²) in [6.45, 7) is 7.83. The van der Waals surface area contributed by atoms with E-state index >= 15 is 0 Å². The van der Waals surface area contributed by atoms with Crippen LogP contribution in [0, 0.1) is 0 Å². The molecule has 1 aliphatic rings. The van der Waals surface area contributed by atoms with Crippen molar-refractivity contribution in [2.24, 2.45) is 0 Å². The van der Waals surface area contributed by atoms with Gasteiger partial charge in [0.1, 0.15) is 0 Å². The minimum atomic E-state index is 0.498. The van der Waals surface area contributed by atoms with Crippen LogP contribution in [0.15, 0.2) is 18.2 Å². The van der Waals surface area contributed by atoms with E-state index < -0.39 is 0 Å².